The Labute approximate surface area is 150 Å². The van der Waals surface area contributed by atoms with Gasteiger partial charge in [0.25, 0.3) is 0 Å². The van der Waals surface area contributed by atoms with Gasteiger partial charge in [0.05, 0.1) is 12.1 Å². The van der Waals surface area contributed by atoms with Crippen LogP contribution in [0.1, 0.15) is 18.9 Å². The predicted octanol–water partition coefficient (Wildman–Crippen LogP) is 2.47. The van der Waals surface area contributed by atoms with Crippen LogP contribution in [0.3, 0.4) is 0 Å². The first-order chi connectivity index (χ1) is 12.4. The van der Waals surface area contributed by atoms with E-state index in [1.165, 1.54) is 19.1 Å². The fourth-order valence-corrected chi connectivity index (χ4v) is 2.27. The number of benzene rings is 2. The van der Waals surface area contributed by atoms with Crippen molar-refractivity contribution in [2.75, 3.05) is 17.2 Å². The third-order valence-electron chi connectivity index (χ3n) is 3.44. The molecule has 6 nitrogen and oxygen atoms in total. The predicted molar refractivity (Wildman–Crippen MR) is 97.1 cm³/mol. The van der Waals surface area contributed by atoms with Crippen LogP contribution < -0.4 is 16.0 Å². The van der Waals surface area contributed by atoms with Crippen LogP contribution in [-0.4, -0.2) is 24.3 Å². The highest BCUT2D eigenvalue weighted by Gasteiger charge is 2.10. The molecule has 0 unspecified atom stereocenters. The molecule has 0 aromatic heterocycles. The summed E-state index contributed by atoms with van der Waals surface area (Å²) in [7, 11) is 0. The Morgan fingerprint density at radius 1 is 0.962 bits per heavy atom. The lowest BCUT2D eigenvalue weighted by molar-refractivity contribution is -0.120. The van der Waals surface area contributed by atoms with Gasteiger partial charge >= 0.3 is 0 Å². The van der Waals surface area contributed by atoms with Crippen molar-refractivity contribution in [3.05, 3.63) is 59.9 Å². The molecule has 2 rings (SSSR count). The van der Waals surface area contributed by atoms with Gasteiger partial charge in [0, 0.05) is 25.6 Å². The van der Waals surface area contributed by atoms with Crippen LogP contribution in [0.5, 0.6) is 0 Å². The molecular weight excluding hydrogens is 337 g/mol. The van der Waals surface area contributed by atoms with Crippen LogP contribution in [-0.2, 0) is 20.8 Å². The molecule has 0 aliphatic carbocycles. The molecule has 0 saturated heterocycles. The first kappa shape index (κ1) is 19.1. The quantitative estimate of drug-likeness (QED) is 0.711. The Hall–Kier alpha value is -3.22. The van der Waals surface area contributed by atoms with E-state index in [9.17, 15) is 18.8 Å². The summed E-state index contributed by atoms with van der Waals surface area (Å²) in [5.74, 6) is -1.54. The summed E-state index contributed by atoms with van der Waals surface area (Å²) >= 11 is 0. The van der Waals surface area contributed by atoms with E-state index in [1.54, 1.807) is 0 Å². The van der Waals surface area contributed by atoms with Gasteiger partial charge in [-0.25, -0.2) is 4.39 Å². The van der Waals surface area contributed by atoms with E-state index in [1.807, 2.05) is 30.3 Å². The third kappa shape index (κ3) is 6.35. The van der Waals surface area contributed by atoms with Gasteiger partial charge in [0.1, 0.15) is 5.82 Å². The van der Waals surface area contributed by atoms with Crippen molar-refractivity contribution in [3.63, 3.8) is 0 Å². The summed E-state index contributed by atoms with van der Waals surface area (Å²) in [5.41, 5.74) is 1.23. The molecule has 0 saturated carbocycles. The van der Waals surface area contributed by atoms with Crippen LogP contribution in [0.15, 0.2) is 48.5 Å². The smallest absolute Gasteiger partial charge is 0.226 e. The minimum atomic E-state index is -0.611. The molecular formula is C19H20FN3O3. The summed E-state index contributed by atoms with van der Waals surface area (Å²) in [4.78, 5) is 34.8. The highest BCUT2D eigenvalue weighted by atomic mass is 19.1. The summed E-state index contributed by atoms with van der Waals surface area (Å²) < 4.78 is 13.8. The zero-order valence-electron chi connectivity index (χ0n) is 14.3. The average molecular weight is 357 g/mol. The zero-order valence-corrected chi connectivity index (χ0v) is 14.3. The van der Waals surface area contributed by atoms with E-state index in [0.717, 1.165) is 11.6 Å². The summed E-state index contributed by atoms with van der Waals surface area (Å²) in [6.07, 6.45) is 0.236. The van der Waals surface area contributed by atoms with Crippen LogP contribution in [0.25, 0.3) is 0 Å². The lowest BCUT2D eigenvalue weighted by atomic mass is 10.1. The Morgan fingerprint density at radius 3 is 2.38 bits per heavy atom. The normalized spacial score (nSPS) is 10.1. The molecule has 0 aliphatic rings. The Kier molecular flexibility index (Phi) is 6.84. The molecule has 26 heavy (non-hydrogen) atoms. The summed E-state index contributed by atoms with van der Waals surface area (Å²) in [6, 6.07) is 13.1. The van der Waals surface area contributed by atoms with Gasteiger partial charge in [-0.1, -0.05) is 30.3 Å². The number of halogens is 1. The van der Waals surface area contributed by atoms with Gasteiger partial charge in [-0.2, -0.15) is 0 Å². The van der Waals surface area contributed by atoms with Gasteiger partial charge in [0.15, 0.2) is 0 Å². The molecule has 0 spiro atoms. The lowest BCUT2D eigenvalue weighted by Gasteiger charge is -2.10. The molecule has 136 valence electrons. The molecule has 0 heterocycles. The Morgan fingerprint density at radius 2 is 1.69 bits per heavy atom. The maximum absolute atomic E-state index is 13.8. The minimum absolute atomic E-state index is 0.00430. The van der Waals surface area contributed by atoms with Gasteiger partial charge < -0.3 is 16.0 Å². The van der Waals surface area contributed by atoms with E-state index >= 15 is 0 Å². The van der Waals surface area contributed by atoms with Crippen molar-refractivity contribution < 1.29 is 18.8 Å². The molecule has 0 radical (unpaired) electrons. The number of nitrogens with one attached hydrogen (secondary N) is 3. The van der Waals surface area contributed by atoms with Gasteiger partial charge in [-0.05, 0) is 23.8 Å². The second kappa shape index (κ2) is 9.31. The summed E-state index contributed by atoms with van der Waals surface area (Å²) in [6.45, 7) is 1.48. The Bertz CT molecular complexity index is 794. The second-order valence-corrected chi connectivity index (χ2v) is 5.69. The summed E-state index contributed by atoms with van der Waals surface area (Å²) in [5, 5.41) is 7.59. The molecule has 0 aliphatic heterocycles. The van der Waals surface area contributed by atoms with E-state index in [-0.39, 0.29) is 36.9 Å². The number of amides is 3. The molecule has 3 N–H and O–H groups in total. The largest absolute Gasteiger partial charge is 0.355 e. The van der Waals surface area contributed by atoms with E-state index in [4.69, 9.17) is 0 Å². The van der Waals surface area contributed by atoms with Crippen molar-refractivity contribution in [1.29, 1.82) is 0 Å². The van der Waals surface area contributed by atoms with Crippen LogP contribution >= 0.6 is 0 Å². The molecule has 7 heteroatoms. The third-order valence-corrected chi connectivity index (χ3v) is 3.44. The SMILES string of the molecule is CC(=O)Nc1ccc(F)c(NC(=O)CCNC(=O)Cc2ccccc2)c1. The molecule has 2 aromatic rings. The second-order valence-electron chi connectivity index (χ2n) is 5.69. The molecule has 3 amide bonds. The van der Waals surface area contributed by atoms with Gasteiger partial charge in [-0.15, -0.1) is 0 Å². The number of carbonyl (C=O) groups is 3. The van der Waals surface area contributed by atoms with Crippen molar-refractivity contribution in [2.24, 2.45) is 0 Å². The number of hydrogen-bond acceptors (Lipinski definition) is 3. The lowest BCUT2D eigenvalue weighted by Crippen LogP contribution is -2.29. The van der Waals surface area contributed by atoms with Crippen molar-refractivity contribution in [3.8, 4) is 0 Å². The minimum Gasteiger partial charge on any atom is -0.355 e. The number of anilines is 2. The van der Waals surface area contributed by atoms with Gasteiger partial charge in [-0.3, -0.25) is 14.4 Å². The van der Waals surface area contributed by atoms with Crippen LogP contribution in [0, 0.1) is 5.82 Å². The van der Waals surface area contributed by atoms with E-state index < -0.39 is 11.7 Å². The topological polar surface area (TPSA) is 87.3 Å². The van der Waals surface area contributed by atoms with Gasteiger partial charge in [0.2, 0.25) is 17.7 Å². The number of rotatable bonds is 7. The van der Waals surface area contributed by atoms with E-state index in [2.05, 4.69) is 16.0 Å². The monoisotopic (exact) mass is 357 g/mol. The van der Waals surface area contributed by atoms with E-state index in [0.29, 0.717) is 5.69 Å². The van der Waals surface area contributed by atoms with Crippen LogP contribution in [0.4, 0.5) is 15.8 Å². The standard InChI is InChI=1S/C19H20FN3O3/c1-13(24)22-15-7-8-16(20)17(12-15)23-18(25)9-10-21-19(26)11-14-5-3-2-4-6-14/h2-8,12H,9-11H2,1H3,(H,21,26)(H,22,24)(H,23,25). The highest BCUT2D eigenvalue weighted by molar-refractivity contribution is 5.93. The van der Waals surface area contributed by atoms with Crippen molar-refractivity contribution >= 4 is 29.1 Å². The Balaban J connectivity index is 1.80. The van der Waals surface area contributed by atoms with Crippen molar-refractivity contribution in [1.82, 2.24) is 5.32 Å². The molecule has 0 atom stereocenters. The molecule has 0 fully saturated rings. The maximum Gasteiger partial charge on any atom is 0.226 e. The fraction of sp³-hybridized carbons (Fsp3) is 0.211. The number of hydrogen-bond donors (Lipinski definition) is 3. The number of carbonyl (C=O) groups excluding carboxylic acids is 3. The maximum atomic E-state index is 13.8. The average Bonchev–Trinajstić information content (AvgIpc) is 2.58. The highest BCUT2D eigenvalue weighted by Crippen LogP contribution is 2.19. The van der Waals surface area contributed by atoms with Crippen molar-refractivity contribution in [2.45, 2.75) is 19.8 Å². The zero-order chi connectivity index (χ0) is 18.9. The van der Waals surface area contributed by atoms with Crippen LogP contribution in [0.2, 0.25) is 0 Å². The molecule has 0 bridgehead atoms. The first-order valence-electron chi connectivity index (χ1n) is 8.11. The fourth-order valence-electron chi connectivity index (χ4n) is 2.27. The molecule has 2 aromatic carbocycles. The first-order valence-corrected chi connectivity index (χ1v) is 8.11.